The van der Waals surface area contributed by atoms with E-state index in [0.29, 0.717) is 18.8 Å². The van der Waals surface area contributed by atoms with Crippen molar-refractivity contribution in [2.24, 2.45) is 5.92 Å². The highest BCUT2D eigenvalue weighted by molar-refractivity contribution is 5.87. The first-order valence-corrected chi connectivity index (χ1v) is 6.79. The van der Waals surface area contributed by atoms with Crippen molar-refractivity contribution < 1.29 is 27.9 Å². The van der Waals surface area contributed by atoms with Crippen LogP contribution in [0.1, 0.15) is 51.9 Å². The summed E-state index contributed by atoms with van der Waals surface area (Å²) >= 11 is 0. The van der Waals surface area contributed by atoms with E-state index in [1.165, 1.54) is 0 Å². The van der Waals surface area contributed by atoms with Crippen molar-refractivity contribution in [2.75, 3.05) is 0 Å². The molecule has 0 bridgehead atoms. The molecule has 0 aromatic carbocycles. The lowest BCUT2D eigenvalue weighted by Crippen LogP contribution is -2.56. The van der Waals surface area contributed by atoms with Crippen molar-refractivity contribution >= 4 is 11.9 Å². The molecule has 1 aliphatic carbocycles. The standard InChI is InChI=1S/C13H20F3NO3/c1-2-9-3-6-12(7-4-9,11(19)20)17-10(18)5-8-13(14,15)16/h9H,2-8H2,1H3,(H,17,18)(H,19,20). The summed E-state index contributed by atoms with van der Waals surface area (Å²) < 4.78 is 36.1. The SMILES string of the molecule is CCC1CCC(NC(=O)CCC(F)(F)F)(C(=O)O)CC1. The number of rotatable bonds is 5. The Kier molecular flexibility index (Phi) is 5.42. The van der Waals surface area contributed by atoms with Crippen molar-refractivity contribution in [3.63, 3.8) is 0 Å². The molecule has 0 aliphatic heterocycles. The highest BCUT2D eigenvalue weighted by Gasteiger charge is 2.43. The van der Waals surface area contributed by atoms with Crippen LogP contribution in [-0.4, -0.2) is 28.7 Å². The van der Waals surface area contributed by atoms with E-state index >= 15 is 0 Å². The fraction of sp³-hybridized carbons (Fsp3) is 0.846. The second-order valence-corrected chi connectivity index (χ2v) is 5.40. The fourth-order valence-electron chi connectivity index (χ4n) is 2.56. The van der Waals surface area contributed by atoms with E-state index < -0.39 is 36.4 Å². The van der Waals surface area contributed by atoms with Crippen molar-refractivity contribution in [3.8, 4) is 0 Å². The van der Waals surface area contributed by atoms with Crippen LogP contribution in [-0.2, 0) is 9.59 Å². The molecular formula is C13H20F3NO3. The molecule has 1 rings (SSSR count). The molecular weight excluding hydrogens is 275 g/mol. The number of alkyl halides is 3. The number of carboxylic acids is 1. The van der Waals surface area contributed by atoms with Gasteiger partial charge in [0, 0.05) is 6.42 Å². The van der Waals surface area contributed by atoms with Crippen LogP contribution in [0.4, 0.5) is 13.2 Å². The highest BCUT2D eigenvalue weighted by atomic mass is 19.4. The molecule has 0 saturated heterocycles. The molecule has 1 aliphatic rings. The molecule has 7 heteroatoms. The zero-order valence-electron chi connectivity index (χ0n) is 11.4. The Morgan fingerprint density at radius 2 is 1.85 bits per heavy atom. The van der Waals surface area contributed by atoms with E-state index in [2.05, 4.69) is 5.32 Å². The monoisotopic (exact) mass is 295 g/mol. The van der Waals surface area contributed by atoms with Gasteiger partial charge in [-0.3, -0.25) is 4.79 Å². The van der Waals surface area contributed by atoms with Gasteiger partial charge in [-0.25, -0.2) is 4.79 Å². The summed E-state index contributed by atoms with van der Waals surface area (Å²) in [4.78, 5) is 22.9. The molecule has 0 unspecified atom stereocenters. The second-order valence-electron chi connectivity index (χ2n) is 5.40. The van der Waals surface area contributed by atoms with Crippen LogP contribution < -0.4 is 5.32 Å². The van der Waals surface area contributed by atoms with Crippen LogP contribution in [0, 0.1) is 5.92 Å². The number of carbonyl (C=O) groups is 2. The van der Waals surface area contributed by atoms with Crippen LogP contribution in [0.15, 0.2) is 0 Å². The maximum absolute atomic E-state index is 12.0. The van der Waals surface area contributed by atoms with Crippen LogP contribution >= 0.6 is 0 Å². The first-order valence-electron chi connectivity index (χ1n) is 6.79. The summed E-state index contributed by atoms with van der Waals surface area (Å²) in [5, 5.41) is 11.6. The van der Waals surface area contributed by atoms with E-state index in [9.17, 15) is 27.9 Å². The number of hydrogen-bond donors (Lipinski definition) is 2. The topological polar surface area (TPSA) is 66.4 Å². The Balaban J connectivity index is 2.60. The molecule has 0 heterocycles. The largest absolute Gasteiger partial charge is 0.480 e. The Hall–Kier alpha value is -1.27. The minimum Gasteiger partial charge on any atom is -0.480 e. The lowest BCUT2D eigenvalue weighted by atomic mass is 9.75. The first-order chi connectivity index (χ1) is 9.18. The number of halogens is 3. The molecule has 0 atom stereocenters. The number of nitrogens with one attached hydrogen (secondary N) is 1. The Morgan fingerprint density at radius 1 is 1.30 bits per heavy atom. The lowest BCUT2D eigenvalue weighted by molar-refractivity contribution is -0.152. The second kappa shape index (κ2) is 6.45. The highest BCUT2D eigenvalue weighted by Crippen LogP contribution is 2.34. The summed E-state index contributed by atoms with van der Waals surface area (Å²) in [7, 11) is 0. The van der Waals surface area contributed by atoms with E-state index in [1.807, 2.05) is 6.92 Å². The minimum atomic E-state index is -4.41. The number of carbonyl (C=O) groups excluding carboxylic acids is 1. The maximum atomic E-state index is 12.0. The van der Waals surface area contributed by atoms with Crippen LogP contribution in [0.2, 0.25) is 0 Å². The maximum Gasteiger partial charge on any atom is 0.389 e. The molecule has 1 fully saturated rings. The first kappa shape index (κ1) is 16.8. The van der Waals surface area contributed by atoms with Gasteiger partial charge < -0.3 is 10.4 Å². The normalized spacial score (nSPS) is 27.1. The number of hydrogen-bond acceptors (Lipinski definition) is 2. The molecule has 1 amide bonds. The van der Waals surface area contributed by atoms with E-state index in [1.54, 1.807) is 0 Å². The molecule has 0 aromatic rings. The third-order valence-corrected chi connectivity index (χ3v) is 3.96. The Bertz CT molecular complexity index is 360. The van der Waals surface area contributed by atoms with Crippen LogP contribution in [0.25, 0.3) is 0 Å². The minimum absolute atomic E-state index is 0.276. The van der Waals surface area contributed by atoms with Gasteiger partial charge >= 0.3 is 12.1 Å². The molecule has 2 N–H and O–H groups in total. The number of aliphatic carboxylic acids is 1. The van der Waals surface area contributed by atoms with Gasteiger partial charge in [0.15, 0.2) is 0 Å². The summed E-state index contributed by atoms with van der Waals surface area (Å²) in [6.45, 7) is 2.01. The van der Waals surface area contributed by atoms with Crippen molar-refractivity contribution in [3.05, 3.63) is 0 Å². The van der Waals surface area contributed by atoms with E-state index in [0.717, 1.165) is 6.42 Å². The Labute approximate surface area is 115 Å². The van der Waals surface area contributed by atoms with Gasteiger partial charge in [-0.15, -0.1) is 0 Å². The van der Waals surface area contributed by atoms with Crippen molar-refractivity contribution in [1.29, 1.82) is 0 Å². The predicted octanol–water partition coefficient (Wildman–Crippen LogP) is 2.87. The van der Waals surface area contributed by atoms with E-state index in [4.69, 9.17) is 0 Å². The van der Waals surface area contributed by atoms with Gasteiger partial charge in [-0.2, -0.15) is 13.2 Å². The van der Waals surface area contributed by atoms with Gasteiger partial charge in [-0.05, 0) is 31.6 Å². The van der Waals surface area contributed by atoms with Gasteiger partial charge in [0.2, 0.25) is 5.91 Å². The zero-order valence-corrected chi connectivity index (χ0v) is 11.4. The average molecular weight is 295 g/mol. The molecule has 20 heavy (non-hydrogen) atoms. The number of carboxylic acid groups (broad SMARTS) is 1. The van der Waals surface area contributed by atoms with Gasteiger partial charge in [0.25, 0.3) is 0 Å². The van der Waals surface area contributed by atoms with Crippen LogP contribution in [0.3, 0.4) is 0 Å². The molecule has 4 nitrogen and oxygen atoms in total. The molecule has 116 valence electrons. The van der Waals surface area contributed by atoms with Gasteiger partial charge in [0.05, 0.1) is 6.42 Å². The molecule has 0 aromatic heterocycles. The van der Waals surface area contributed by atoms with Crippen LogP contribution in [0.5, 0.6) is 0 Å². The molecule has 0 radical (unpaired) electrons. The lowest BCUT2D eigenvalue weighted by Gasteiger charge is -2.37. The predicted molar refractivity (Wildman–Crippen MR) is 66.0 cm³/mol. The summed E-state index contributed by atoms with van der Waals surface area (Å²) in [6, 6.07) is 0. The Morgan fingerprint density at radius 3 is 2.25 bits per heavy atom. The third-order valence-electron chi connectivity index (χ3n) is 3.96. The zero-order chi connectivity index (χ0) is 15.4. The fourth-order valence-corrected chi connectivity index (χ4v) is 2.56. The number of amides is 1. The molecule has 0 spiro atoms. The quantitative estimate of drug-likeness (QED) is 0.819. The summed E-state index contributed by atoms with van der Waals surface area (Å²) in [5.41, 5.74) is -1.39. The van der Waals surface area contributed by atoms with Crippen molar-refractivity contribution in [2.45, 2.75) is 63.6 Å². The third kappa shape index (κ3) is 4.68. The summed E-state index contributed by atoms with van der Waals surface area (Å²) in [5.74, 6) is -1.58. The summed E-state index contributed by atoms with van der Waals surface area (Å²) in [6.07, 6.45) is -3.53. The van der Waals surface area contributed by atoms with Gasteiger partial charge in [-0.1, -0.05) is 13.3 Å². The van der Waals surface area contributed by atoms with Gasteiger partial charge in [0.1, 0.15) is 5.54 Å². The van der Waals surface area contributed by atoms with Crippen molar-refractivity contribution in [1.82, 2.24) is 5.32 Å². The van der Waals surface area contributed by atoms with E-state index in [-0.39, 0.29) is 12.8 Å². The smallest absolute Gasteiger partial charge is 0.389 e. The average Bonchev–Trinajstić information content (AvgIpc) is 2.36. The molecule has 1 saturated carbocycles.